The van der Waals surface area contributed by atoms with E-state index in [0.29, 0.717) is 0 Å². The molecule has 0 fully saturated rings. The first kappa shape index (κ1) is 14.5. The van der Waals surface area contributed by atoms with Gasteiger partial charge in [-0.25, -0.2) is 0 Å². The summed E-state index contributed by atoms with van der Waals surface area (Å²) in [4.78, 5) is 11.7. The zero-order valence-corrected chi connectivity index (χ0v) is 11.7. The molecule has 0 aromatic heterocycles. The molecule has 0 radical (unpaired) electrons. The molecule has 4 heteroatoms. The average molecular weight is 250 g/mol. The molecule has 100 valence electrons. The van der Waals surface area contributed by atoms with Gasteiger partial charge in [0.1, 0.15) is 11.8 Å². The summed E-state index contributed by atoms with van der Waals surface area (Å²) in [7, 11) is 3.41. The van der Waals surface area contributed by atoms with Crippen LogP contribution in [-0.4, -0.2) is 26.1 Å². The van der Waals surface area contributed by atoms with Crippen LogP contribution in [0.3, 0.4) is 0 Å². The molecule has 0 saturated heterocycles. The normalized spacial score (nSPS) is 12.3. The summed E-state index contributed by atoms with van der Waals surface area (Å²) in [5, 5.41) is 5.65. The van der Waals surface area contributed by atoms with Crippen molar-refractivity contribution in [1.29, 1.82) is 0 Å². The molecule has 1 aromatic rings. The minimum atomic E-state index is -0.332. The van der Waals surface area contributed by atoms with Gasteiger partial charge < -0.3 is 15.4 Å². The van der Waals surface area contributed by atoms with Gasteiger partial charge in [0, 0.05) is 7.05 Å². The standard InChI is InChI=1S/C14H22N2O2/c1-9(2)18-12-7-6-11(8-10(12)3)13(15-4)14(17)16-5/h6-9,13,15H,1-5H3,(H,16,17). The molecule has 1 amide bonds. The van der Waals surface area contributed by atoms with Crippen LogP contribution in [0.1, 0.15) is 31.0 Å². The first-order valence-corrected chi connectivity index (χ1v) is 6.15. The molecular formula is C14H22N2O2. The molecule has 4 nitrogen and oxygen atoms in total. The molecule has 0 aliphatic carbocycles. The van der Waals surface area contributed by atoms with E-state index in [9.17, 15) is 4.79 Å². The summed E-state index contributed by atoms with van der Waals surface area (Å²) in [6.45, 7) is 5.97. The third-order valence-corrected chi connectivity index (χ3v) is 2.69. The van der Waals surface area contributed by atoms with Crippen molar-refractivity contribution in [3.63, 3.8) is 0 Å². The van der Waals surface area contributed by atoms with Crippen molar-refractivity contribution in [1.82, 2.24) is 10.6 Å². The Bertz CT molecular complexity index is 416. The summed E-state index contributed by atoms with van der Waals surface area (Å²) in [6, 6.07) is 5.48. The fourth-order valence-electron chi connectivity index (χ4n) is 1.83. The molecule has 1 atom stereocenters. The van der Waals surface area contributed by atoms with Gasteiger partial charge in [-0.2, -0.15) is 0 Å². The van der Waals surface area contributed by atoms with Crippen LogP contribution in [0.5, 0.6) is 5.75 Å². The van der Waals surface area contributed by atoms with E-state index in [0.717, 1.165) is 16.9 Å². The maximum atomic E-state index is 11.7. The first-order valence-electron chi connectivity index (χ1n) is 6.15. The SMILES string of the molecule is CNC(=O)C(NC)c1ccc(OC(C)C)c(C)c1. The number of ether oxygens (including phenoxy) is 1. The maximum Gasteiger partial charge on any atom is 0.241 e. The molecule has 0 heterocycles. The van der Waals surface area contributed by atoms with E-state index in [4.69, 9.17) is 4.74 Å². The molecule has 18 heavy (non-hydrogen) atoms. The fourth-order valence-corrected chi connectivity index (χ4v) is 1.83. The van der Waals surface area contributed by atoms with Crippen LogP contribution in [0.4, 0.5) is 0 Å². The van der Waals surface area contributed by atoms with E-state index >= 15 is 0 Å². The van der Waals surface area contributed by atoms with Crippen molar-refractivity contribution in [3.05, 3.63) is 29.3 Å². The van der Waals surface area contributed by atoms with Crippen LogP contribution in [-0.2, 0) is 4.79 Å². The number of rotatable bonds is 5. The van der Waals surface area contributed by atoms with Crippen molar-refractivity contribution < 1.29 is 9.53 Å². The van der Waals surface area contributed by atoms with Gasteiger partial charge >= 0.3 is 0 Å². The van der Waals surface area contributed by atoms with Gasteiger partial charge in [-0.1, -0.05) is 12.1 Å². The zero-order valence-electron chi connectivity index (χ0n) is 11.7. The van der Waals surface area contributed by atoms with Crippen molar-refractivity contribution >= 4 is 5.91 Å². The lowest BCUT2D eigenvalue weighted by molar-refractivity contribution is -0.122. The van der Waals surface area contributed by atoms with Crippen LogP contribution >= 0.6 is 0 Å². The summed E-state index contributed by atoms with van der Waals surface area (Å²) in [5.74, 6) is 0.815. The highest BCUT2D eigenvalue weighted by Crippen LogP contribution is 2.23. The first-order chi connectivity index (χ1) is 8.49. The maximum absolute atomic E-state index is 11.7. The highest BCUT2D eigenvalue weighted by atomic mass is 16.5. The number of hydrogen-bond donors (Lipinski definition) is 2. The second-order valence-electron chi connectivity index (χ2n) is 4.53. The molecule has 1 unspecified atom stereocenters. The quantitative estimate of drug-likeness (QED) is 0.837. The summed E-state index contributed by atoms with van der Waals surface area (Å²) < 4.78 is 5.68. The van der Waals surface area contributed by atoms with Crippen LogP contribution in [0.2, 0.25) is 0 Å². The number of nitrogens with one attached hydrogen (secondary N) is 2. The zero-order chi connectivity index (χ0) is 13.7. The number of likely N-dealkylation sites (N-methyl/N-ethyl adjacent to an activating group) is 2. The second kappa shape index (κ2) is 6.40. The predicted octanol–water partition coefficient (Wildman–Crippen LogP) is 1.79. The minimum absolute atomic E-state index is 0.0468. The van der Waals surface area contributed by atoms with Crippen LogP contribution < -0.4 is 15.4 Å². The van der Waals surface area contributed by atoms with Crippen molar-refractivity contribution in [3.8, 4) is 5.75 Å². The number of amides is 1. The molecule has 0 aliphatic rings. The Morgan fingerprint density at radius 2 is 1.94 bits per heavy atom. The van der Waals surface area contributed by atoms with Crippen LogP contribution in [0.25, 0.3) is 0 Å². The van der Waals surface area contributed by atoms with Gasteiger partial charge in [0.05, 0.1) is 6.10 Å². The minimum Gasteiger partial charge on any atom is -0.491 e. The van der Waals surface area contributed by atoms with Gasteiger partial charge in [-0.15, -0.1) is 0 Å². The second-order valence-corrected chi connectivity index (χ2v) is 4.53. The number of benzene rings is 1. The Morgan fingerprint density at radius 1 is 1.28 bits per heavy atom. The molecule has 0 bridgehead atoms. The van der Waals surface area contributed by atoms with Gasteiger partial charge in [-0.05, 0) is 45.0 Å². The Balaban J connectivity index is 2.98. The van der Waals surface area contributed by atoms with E-state index in [2.05, 4.69) is 10.6 Å². The van der Waals surface area contributed by atoms with Crippen molar-refractivity contribution in [2.75, 3.05) is 14.1 Å². The number of carbonyl (C=O) groups excluding carboxylic acids is 1. The molecule has 0 spiro atoms. The lowest BCUT2D eigenvalue weighted by Gasteiger charge is -2.18. The van der Waals surface area contributed by atoms with Crippen molar-refractivity contribution in [2.45, 2.75) is 32.9 Å². The van der Waals surface area contributed by atoms with E-state index < -0.39 is 0 Å². The van der Waals surface area contributed by atoms with E-state index in [1.165, 1.54) is 0 Å². The third-order valence-electron chi connectivity index (χ3n) is 2.69. The Hall–Kier alpha value is -1.55. The predicted molar refractivity (Wildman–Crippen MR) is 72.8 cm³/mol. The van der Waals surface area contributed by atoms with Gasteiger partial charge in [0.25, 0.3) is 0 Å². The summed E-state index contributed by atoms with van der Waals surface area (Å²) >= 11 is 0. The summed E-state index contributed by atoms with van der Waals surface area (Å²) in [5.41, 5.74) is 1.97. The Morgan fingerprint density at radius 3 is 2.39 bits per heavy atom. The Labute approximate surface area is 109 Å². The molecule has 1 rings (SSSR count). The number of carbonyl (C=O) groups is 1. The molecule has 2 N–H and O–H groups in total. The fraction of sp³-hybridized carbons (Fsp3) is 0.500. The van der Waals surface area contributed by atoms with E-state index in [1.807, 2.05) is 39.0 Å². The monoisotopic (exact) mass is 250 g/mol. The van der Waals surface area contributed by atoms with Crippen LogP contribution in [0, 0.1) is 6.92 Å². The molecular weight excluding hydrogens is 228 g/mol. The highest BCUT2D eigenvalue weighted by Gasteiger charge is 2.18. The van der Waals surface area contributed by atoms with Gasteiger partial charge in [-0.3, -0.25) is 4.79 Å². The molecule has 0 aliphatic heterocycles. The van der Waals surface area contributed by atoms with Crippen molar-refractivity contribution in [2.24, 2.45) is 0 Å². The van der Waals surface area contributed by atoms with Gasteiger partial charge in [0.15, 0.2) is 0 Å². The average Bonchev–Trinajstić information content (AvgIpc) is 2.32. The van der Waals surface area contributed by atoms with Crippen LogP contribution in [0.15, 0.2) is 18.2 Å². The topological polar surface area (TPSA) is 50.4 Å². The van der Waals surface area contributed by atoms with E-state index in [1.54, 1.807) is 14.1 Å². The number of hydrogen-bond acceptors (Lipinski definition) is 3. The Kier molecular flexibility index (Phi) is 5.16. The smallest absolute Gasteiger partial charge is 0.241 e. The lowest BCUT2D eigenvalue weighted by Crippen LogP contribution is -2.33. The largest absolute Gasteiger partial charge is 0.491 e. The third kappa shape index (κ3) is 3.47. The lowest BCUT2D eigenvalue weighted by atomic mass is 10.0. The van der Waals surface area contributed by atoms with Gasteiger partial charge in [0.2, 0.25) is 5.91 Å². The van der Waals surface area contributed by atoms with E-state index in [-0.39, 0.29) is 18.1 Å². The summed E-state index contributed by atoms with van der Waals surface area (Å²) in [6.07, 6.45) is 0.147. The highest BCUT2D eigenvalue weighted by molar-refractivity contribution is 5.83. The molecule has 1 aromatic carbocycles. The number of aryl methyl sites for hydroxylation is 1. The molecule has 0 saturated carbocycles.